The Morgan fingerprint density at radius 3 is 2.31 bits per heavy atom. The van der Waals surface area contributed by atoms with Gasteiger partial charge in [-0.15, -0.1) is 53.6 Å². The summed E-state index contributed by atoms with van der Waals surface area (Å²) >= 11 is 0. The number of benzene rings is 3. The van der Waals surface area contributed by atoms with Crippen LogP contribution in [0.15, 0.2) is 102 Å². The van der Waals surface area contributed by atoms with E-state index >= 15 is 0 Å². The van der Waals surface area contributed by atoms with Crippen LogP contribution in [0.4, 0.5) is 0 Å². The molecule has 1 radical (unpaired) electrons. The van der Waals surface area contributed by atoms with Crippen molar-refractivity contribution in [2.45, 2.75) is 85.6 Å². The van der Waals surface area contributed by atoms with Crippen molar-refractivity contribution in [1.82, 2.24) is 15.0 Å². The van der Waals surface area contributed by atoms with Crippen LogP contribution in [0.5, 0.6) is 0 Å². The van der Waals surface area contributed by atoms with Gasteiger partial charge in [-0.3, -0.25) is 0 Å². The Balaban J connectivity index is 0.000000251. The minimum atomic E-state index is -2.60. The van der Waals surface area contributed by atoms with Crippen molar-refractivity contribution in [2.75, 3.05) is 0 Å². The predicted molar refractivity (Wildman–Crippen MR) is 224 cm³/mol. The summed E-state index contributed by atoms with van der Waals surface area (Å²) < 4.78 is 90.0. The fourth-order valence-corrected chi connectivity index (χ4v) is 8.25. The molecule has 0 bridgehead atoms. The van der Waals surface area contributed by atoms with Gasteiger partial charge >= 0.3 is 0 Å². The number of aromatic nitrogens is 3. The first-order valence-electron chi connectivity index (χ1n) is 23.3. The summed E-state index contributed by atoms with van der Waals surface area (Å²) in [6.07, 6.45) is 3.18. The van der Waals surface area contributed by atoms with Crippen molar-refractivity contribution < 1.29 is 38.2 Å². The molecule has 1 saturated carbocycles. The Bertz CT molecular complexity index is 2740. The van der Waals surface area contributed by atoms with E-state index in [0.29, 0.717) is 29.3 Å². The standard InChI is InChI=1S/C30H27N2O.C18H24NSi.Ir/c1-19-12-13-24(27-16-20(2)23(18-31-27)17-21-8-6-7-9-21)29-28(19)25-14-15-26(32-30(25)33-29)22-10-4-3-5-11-22;1-14(2)11-16-12-17(15-9-7-6-8-10-15)19-13-18(16)20(3,4)5;/h3-5,10-12,14-16,18,21H,6-9,17H2,1-2H3;6-9,12-14H,11H2,1-5H3;/q2*-1;/i1D3,2D3,17D2;11D2;. The van der Waals surface area contributed by atoms with Gasteiger partial charge in [0, 0.05) is 57.2 Å². The average molecular weight is 916 g/mol. The average Bonchev–Trinajstić information content (AvgIpc) is 3.93. The summed E-state index contributed by atoms with van der Waals surface area (Å²) in [6, 6.07) is 31.6. The van der Waals surface area contributed by atoms with Crippen LogP contribution in [0.2, 0.25) is 19.6 Å². The van der Waals surface area contributed by atoms with Crippen molar-refractivity contribution in [3.8, 4) is 33.8 Å². The smallest absolute Gasteiger partial charge is 0.216 e. The fourth-order valence-electron chi connectivity index (χ4n) is 6.84. The third kappa shape index (κ3) is 8.83. The number of hydrogen-bond acceptors (Lipinski definition) is 4. The zero-order valence-corrected chi connectivity index (χ0v) is 34.7. The molecule has 279 valence electrons. The number of furan rings is 1. The van der Waals surface area contributed by atoms with E-state index in [0.717, 1.165) is 40.4 Å². The first-order valence-corrected chi connectivity index (χ1v) is 21.8. The molecule has 4 aromatic heterocycles. The summed E-state index contributed by atoms with van der Waals surface area (Å²) in [5.74, 6) is -0.369. The second-order valence-corrected chi connectivity index (χ2v) is 20.0. The Labute approximate surface area is 350 Å². The number of nitrogens with zero attached hydrogens (tertiary/aromatic N) is 3. The molecule has 54 heavy (non-hydrogen) atoms. The van der Waals surface area contributed by atoms with E-state index in [1.807, 2.05) is 80.7 Å². The molecule has 4 heterocycles. The molecule has 0 N–H and O–H groups in total. The third-order valence-corrected chi connectivity index (χ3v) is 11.5. The summed E-state index contributed by atoms with van der Waals surface area (Å²) in [7, 11) is -1.67. The van der Waals surface area contributed by atoms with Gasteiger partial charge in [-0.25, -0.2) is 4.98 Å². The van der Waals surface area contributed by atoms with Crippen molar-refractivity contribution in [1.29, 1.82) is 0 Å². The number of aryl methyl sites for hydroxylation is 2. The molecule has 0 aliphatic heterocycles. The molecule has 6 heteroatoms. The van der Waals surface area contributed by atoms with Gasteiger partial charge in [-0.1, -0.05) is 131 Å². The Morgan fingerprint density at radius 2 is 1.61 bits per heavy atom. The zero-order valence-electron chi connectivity index (χ0n) is 41.3. The summed E-state index contributed by atoms with van der Waals surface area (Å²) in [5, 5.41) is 1.95. The molecule has 1 aliphatic rings. The van der Waals surface area contributed by atoms with Crippen LogP contribution in [-0.2, 0) is 32.9 Å². The normalized spacial score (nSPS) is 17.0. The van der Waals surface area contributed by atoms with E-state index in [2.05, 4.69) is 46.7 Å². The van der Waals surface area contributed by atoms with Crippen molar-refractivity contribution in [2.24, 2.45) is 11.8 Å². The molecule has 1 fully saturated rings. The van der Waals surface area contributed by atoms with Crippen molar-refractivity contribution in [3.05, 3.63) is 132 Å². The first-order chi connectivity index (χ1) is 29.5. The van der Waals surface area contributed by atoms with E-state index in [1.54, 1.807) is 12.1 Å². The zero-order chi connectivity index (χ0) is 45.7. The van der Waals surface area contributed by atoms with Crippen LogP contribution in [0.25, 0.3) is 55.8 Å². The van der Waals surface area contributed by atoms with Gasteiger partial charge in [-0.2, -0.15) is 0 Å². The monoisotopic (exact) mass is 916 g/mol. The van der Waals surface area contributed by atoms with E-state index in [1.165, 1.54) is 18.3 Å². The molecule has 4 nitrogen and oxygen atoms in total. The van der Waals surface area contributed by atoms with Gasteiger partial charge in [-0.05, 0) is 65.7 Å². The van der Waals surface area contributed by atoms with Gasteiger partial charge in [0.15, 0.2) is 0 Å². The molecular formula is C48H51IrN3OSi-2. The van der Waals surface area contributed by atoms with E-state index in [9.17, 15) is 0 Å². The van der Waals surface area contributed by atoms with E-state index < -0.39 is 34.5 Å². The predicted octanol–water partition coefficient (Wildman–Crippen LogP) is 12.1. The second kappa shape index (κ2) is 17.1. The molecule has 7 aromatic rings. The fraction of sp³-hybridized carbons (Fsp3) is 0.312. The maximum absolute atomic E-state index is 8.83. The second-order valence-electron chi connectivity index (χ2n) is 15.0. The van der Waals surface area contributed by atoms with Crippen LogP contribution in [0.3, 0.4) is 0 Å². The summed E-state index contributed by atoms with van der Waals surface area (Å²) in [4.78, 5) is 13.7. The number of pyridine rings is 3. The van der Waals surface area contributed by atoms with Crippen LogP contribution < -0.4 is 5.19 Å². The Kier molecular flexibility index (Phi) is 8.92. The molecule has 0 saturated heterocycles. The number of fused-ring (bicyclic) bond motifs is 3. The molecule has 0 unspecified atom stereocenters. The number of rotatable bonds is 8. The molecule has 8 rings (SSSR count). The van der Waals surface area contributed by atoms with Gasteiger partial charge in [0.2, 0.25) is 5.71 Å². The third-order valence-electron chi connectivity index (χ3n) is 9.50. The van der Waals surface area contributed by atoms with Gasteiger partial charge in [0.05, 0.1) is 19.4 Å². The SMILES string of the molecule is [2H]C([2H])([2H])c1cc(-c2[c-]cc(C([2H])([2H])[2H])c3c2oc2nc(-c4ccccc4)ccc23)ncc1C([2H])([2H])C1CCCC1.[2H]C([2H])(c1cc(-c2[c-]cccc2)ncc1[Si](C)(C)C)C(C)C.[Ir]. The van der Waals surface area contributed by atoms with Crippen LogP contribution >= 0.6 is 0 Å². The Morgan fingerprint density at radius 1 is 0.852 bits per heavy atom. The molecule has 0 atom stereocenters. The maximum atomic E-state index is 8.83. The van der Waals surface area contributed by atoms with Gasteiger partial charge in [0.1, 0.15) is 0 Å². The summed E-state index contributed by atoms with van der Waals surface area (Å²) in [6.45, 7) is 5.50. The minimum absolute atomic E-state index is 0. The van der Waals surface area contributed by atoms with Gasteiger partial charge < -0.3 is 14.4 Å². The van der Waals surface area contributed by atoms with Crippen molar-refractivity contribution in [3.63, 3.8) is 0 Å². The molecule has 0 spiro atoms. The van der Waals surface area contributed by atoms with Crippen LogP contribution in [0, 0.1) is 37.7 Å². The molecule has 0 amide bonds. The number of hydrogen-bond donors (Lipinski definition) is 0. The van der Waals surface area contributed by atoms with Crippen LogP contribution in [-0.4, -0.2) is 23.0 Å². The van der Waals surface area contributed by atoms with Crippen molar-refractivity contribution >= 4 is 35.3 Å². The molecular weight excluding hydrogens is 855 g/mol. The van der Waals surface area contributed by atoms with Gasteiger partial charge in [0.25, 0.3) is 0 Å². The first kappa shape index (κ1) is 28.2. The Hall–Kier alpha value is -4.22. The molecule has 1 aliphatic carbocycles. The summed E-state index contributed by atoms with van der Waals surface area (Å²) in [5.41, 5.74) is 4.89. The van der Waals surface area contributed by atoms with E-state index in [-0.39, 0.29) is 71.2 Å². The quantitative estimate of drug-likeness (QED) is 0.113. The largest absolute Gasteiger partial charge is 0.486 e. The van der Waals surface area contributed by atoms with Crippen LogP contribution in [0.1, 0.15) is 75.5 Å². The topological polar surface area (TPSA) is 51.8 Å². The minimum Gasteiger partial charge on any atom is -0.486 e. The van der Waals surface area contributed by atoms with E-state index in [4.69, 9.17) is 18.1 Å². The molecule has 3 aromatic carbocycles. The maximum Gasteiger partial charge on any atom is 0.216 e.